The molecule has 0 bridgehead atoms. The van der Waals surface area contributed by atoms with Gasteiger partial charge in [-0.15, -0.1) is 6.58 Å². The van der Waals surface area contributed by atoms with E-state index in [9.17, 15) is 22.8 Å². The Morgan fingerprint density at radius 2 is 1.71 bits per heavy atom. The molecular weight excluding hydrogens is 532 g/mol. The van der Waals surface area contributed by atoms with Crippen molar-refractivity contribution in [3.63, 3.8) is 0 Å². The monoisotopic (exact) mass is 552 g/mol. The molecule has 0 radical (unpaired) electrons. The number of nitrogens with zero attached hydrogens (tertiary/aromatic N) is 1. The summed E-state index contributed by atoms with van der Waals surface area (Å²) in [6, 6.07) is 15.7. The number of carbonyl (C=O) groups excluding carboxylic acids is 3. The molecule has 11 heteroatoms. The van der Waals surface area contributed by atoms with E-state index < -0.39 is 28.0 Å². The molecule has 0 spiro atoms. The van der Waals surface area contributed by atoms with Crippen LogP contribution in [0.5, 0.6) is 11.5 Å². The number of methoxy groups -OCH3 is 1. The molecule has 194 valence electrons. The summed E-state index contributed by atoms with van der Waals surface area (Å²) in [4.78, 5) is 38.9. The quantitative estimate of drug-likeness (QED) is 0.189. The Morgan fingerprint density at radius 1 is 1.03 bits per heavy atom. The molecule has 1 heterocycles. The largest absolute Gasteiger partial charge is 0.493 e. The zero-order chi connectivity index (χ0) is 27.4. The molecule has 1 fully saturated rings. The number of carbonyl (C=O) groups is 3. The molecule has 1 saturated heterocycles. The van der Waals surface area contributed by atoms with E-state index in [2.05, 4.69) is 11.9 Å². The molecule has 1 N–H and O–H groups in total. The minimum atomic E-state index is -4.26. The van der Waals surface area contributed by atoms with Gasteiger partial charge in [-0.3, -0.25) is 14.9 Å². The lowest BCUT2D eigenvalue weighted by atomic mass is 10.0. The molecule has 9 nitrogen and oxygen atoms in total. The maximum Gasteiger partial charge on any atom is 0.339 e. The van der Waals surface area contributed by atoms with E-state index in [4.69, 9.17) is 20.5 Å². The predicted molar refractivity (Wildman–Crippen MR) is 142 cm³/mol. The molecule has 3 aromatic rings. The van der Waals surface area contributed by atoms with E-state index in [1.54, 1.807) is 30.3 Å². The Morgan fingerprint density at radius 3 is 2.34 bits per heavy atom. The Kier molecular flexibility index (Phi) is 7.65. The third-order valence-electron chi connectivity index (χ3n) is 5.46. The van der Waals surface area contributed by atoms with Crippen LogP contribution in [0.4, 0.5) is 10.5 Å². The van der Waals surface area contributed by atoms with E-state index in [1.807, 2.05) is 0 Å². The summed E-state index contributed by atoms with van der Waals surface area (Å²) in [6.07, 6.45) is 2.99. The third kappa shape index (κ3) is 5.46. The van der Waals surface area contributed by atoms with Crippen molar-refractivity contribution in [3.8, 4) is 11.5 Å². The van der Waals surface area contributed by atoms with Crippen molar-refractivity contribution in [1.29, 1.82) is 0 Å². The summed E-state index contributed by atoms with van der Waals surface area (Å²) < 4.78 is 36.7. The van der Waals surface area contributed by atoms with Gasteiger partial charge in [0.1, 0.15) is 10.5 Å². The predicted octanol–water partition coefficient (Wildman–Crippen LogP) is 4.51. The number of rotatable bonds is 8. The lowest BCUT2D eigenvalue weighted by Gasteiger charge is -2.26. The third-order valence-corrected chi connectivity index (χ3v) is 6.95. The Labute approximate surface area is 224 Å². The van der Waals surface area contributed by atoms with Gasteiger partial charge in [0.25, 0.3) is 11.8 Å². The highest BCUT2D eigenvalue weighted by molar-refractivity contribution is 7.87. The fourth-order valence-corrected chi connectivity index (χ4v) is 4.82. The number of hydrogen-bond acceptors (Lipinski definition) is 7. The van der Waals surface area contributed by atoms with Crippen LogP contribution < -0.4 is 19.1 Å². The number of nitrogens with one attached hydrogen (secondary N) is 1. The van der Waals surface area contributed by atoms with Crippen LogP contribution >= 0.6 is 11.6 Å². The number of para-hydroxylation sites is 1. The van der Waals surface area contributed by atoms with E-state index in [1.165, 1.54) is 55.7 Å². The number of amides is 4. The second kappa shape index (κ2) is 10.9. The first kappa shape index (κ1) is 26.6. The molecule has 1 aliphatic rings. The molecule has 0 aromatic heterocycles. The number of urea groups is 1. The number of ether oxygens (including phenoxy) is 1. The molecule has 0 unspecified atom stereocenters. The zero-order valence-electron chi connectivity index (χ0n) is 20.0. The second-order valence-corrected chi connectivity index (χ2v) is 9.97. The van der Waals surface area contributed by atoms with E-state index in [-0.39, 0.29) is 34.1 Å². The maximum atomic E-state index is 13.2. The summed E-state index contributed by atoms with van der Waals surface area (Å²) in [5.41, 5.74) is 0.677. The van der Waals surface area contributed by atoms with Gasteiger partial charge >= 0.3 is 16.1 Å². The first-order valence-corrected chi connectivity index (χ1v) is 12.9. The van der Waals surface area contributed by atoms with Crippen molar-refractivity contribution >= 4 is 51.3 Å². The zero-order valence-corrected chi connectivity index (χ0v) is 21.6. The highest BCUT2D eigenvalue weighted by Crippen LogP contribution is 2.37. The SMILES string of the molecule is C=CCc1cc(/C=C2\C(=O)NC(=O)N(c3ccccc3)C2=O)cc(OC)c1OS(=O)(=O)c1ccc(Cl)cc1. The molecule has 1 aliphatic heterocycles. The van der Waals surface area contributed by atoms with Crippen LogP contribution in [0.25, 0.3) is 6.08 Å². The number of barbiturate groups is 1. The van der Waals surface area contributed by atoms with Gasteiger partial charge in [0.2, 0.25) is 0 Å². The molecule has 4 rings (SSSR count). The van der Waals surface area contributed by atoms with Crippen LogP contribution in [0.3, 0.4) is 0 Å². The van der Waals surface area contributed by atoms with Gasteiger partial charge in [0.15, 0.2) is 11.5 Å². The summed E-state index contributed by atoms with van der Waals surface area (Å²) >= 11 is 5.86. The minimum absolute atomic E-state index is 0.0356. The van der Waals surface area contributed by atoms with Gasteiger partial charge in [-0.25, -0.2) is 9.69 Å². The number of benzene rings is 3. The molecular formula is C27H21ClN2O7S. The number of imide groups is 2. The van der Waals surface area contributed by atoms with Gasteiger partial charge in [-0.2, -0.15) is 8.42 Å². The molecule has 3 aromatic carbocycles. The molecule has 4 amide bonds. The topological polar surface area (TPSA) is 119 Å². The van der Waals surface area contributed by atoms with Crippen molar-refractivity contribution in [2.45, 2.75) is 11.3 Å². The second-order valence-electron chi connectivity index (χ2n) is 7.99. The number of halogens is 1. The standard InChI is InChI=1S/C27H21ClN2O7S/c1-3-7-18-14-17(15-22-25(31)29-27(33)30(26(22)32)20-8-5-4-6-9-20)16-23(36-2)24(18)37-38(34,35)21-12-10-19(28)11-13-21/h3-6,8-16H,1,7H2,2H3,(H,29,31,33)/b22-15+. The van der Waals surface area contributed by atoms with Crippen molar-refractivity contribution in [2.75, 3.05) is 12.0 Å². The van der Waals surface area contributed by atoms with E-state index in [0.29, 0.717) is 16.1 Å². The fourth-order valence-electron chi connectivity index (χ4n) is 3.72. The average molecular weight is 553 g/mol. The molecule has 0 saturated carbocycles. The summed E-state index contributed by atoms with van der Waals surface area (Å²) in [5, 5.41) is 2.52. The van der Waals surface area contributed by atoms with Crippen LogP contribution in [-0.4, -0.2) is 33.4 Å². The minimum Gasteiger partial charge on any atom is -0.493 e. The molecule has 0 atom stereocenters. The van der Waals surface area contributed by atoms with Crippen molar-refractivity contribution in [1.82, 2.24) is 5.32 Å². The number of anilines is 1. The Balaban J connectivity index is 1.76. The fraction of sp³-hybridized carbons (Fsp3) is 0.0741. The van der Waals surface area contributed by atoms with Crippen LogP contribution in [0.1, 0.15) is 11.1 Å². The van der Waals surface area contributed by atoms with Gasteiger partial charge in [-0.1, -0.05) is 35.9 Å². The van der Waals surface area contributed by atoms with Crippen LogP contribution in [0.15, 0.2) is 89.9 Å². The lowest BCUT2D eigenvalue weighted by molar-refractivity contribution is -0.122. The van der Waals surface area contributed by atoms with Gasteiger partial charge in [-0.05, 0) is 66.6 Å². The lowest BCUT2D eigenvalue weighted by Crippen LogP contribution is -2.54. The maximum absolute atomic E-state index is 13.2. The van der Waals surface area contributed by atoms with Gasteiger partial charge in [0.05, 0.1) is 12.8 Å². The van der Waals surface area contributed by atoms with Crippen LogP contribution in [0, 0.1) is 0 Å². The van der Waals surface area contributed by atoms with Gasteiger partial charge in [0, 0.05) is 10.6 Å². The van der Waals surface area contributed by atoms with Crippen molar-refractivity contribution < 1.29 is 31.7 Å². The van der Waals surface area contributed by atoms with Gasteiger partial charge < -0.3 is 8.92 Å². The highest BCUT2D eigenvalue weighted by Gasteiger charge is 2.37. The van der Waals surface area contributed by atoms with E-state index >= 15 is 0 Å². The smallest absolute Gasteiger partial charge is 0.339 e. The summed E-state index contributed by atoms with van der Waals surface area (Å²) in [6.45, 7) is 3.70. The van der Waals surface area contributed by atoms with Crippen LogP contribution in [0.2, 0.25) is 5.02 Å². The van der Waals surface area contributed by atoms with Crippen molar-refractivity contribution in [2.24, 2.45) is 0 Å². The van der Waals surface area contributed by atoms with E-state index in [0.717, 1.165) is 4.90 Å². The molecule has 38 heavy (non-hydrogen) atoms. The Bertz CT molecular complexity index is 1570. The summed E-state index contributed by atoms with van der Waals surface area (Å²) in [7, 11) is -2.94. The van der Waals surface area contributed by atoms with Crippen molar-refractivity contribution in [3.05, 3.63) is 101 Å². The molecule has 0 aliphatic carbocycles. The summed E-state index contributed by atoms with van der Waals surface area (Å²) in [5.74, 6) is -1.74. The first-order chi connectivity index (χ1) is 18.1. The Hall–Kier alpha value is -4.41. The van der Waals surface area contributed by atoms with Crippen LogP contribution in [-0.2, 0) is 26.1 Å². The normalized spacial score (nSPS) is 14.8. The number of hydrogen-bond donors (Lipinski definition) is 1. The number of allylic oxidation sites excluding steroid dienone is 1. The highest BCUT2D eigenvalue weighted by atomic mass is 35.5. The first-order valence-electron chi connectivity index (χ1n) is 11.1. The average Bonchev–Trinajstić information content (AvgIpc) is 2.88.